The van der Waals surface area contributed by atoms with E-state index >= 15 is 0 Å². The van der Waals surface area contributed by atoms with Gasteiger partial charge in [-0.05, 0) is 24.4 Å². The van der Waals surface area contributed by atoms with Crippen LogP contribution < -0.4 is 5.56 Å². The van der Waals surface area contributed by atoms with E-state index in [1.165, 1.54) is 27.2 Å². The van der Waals surface area contributed by atoms with E-state index in [2.05, 4.69) is 16.1 Å². The van der Waals surface area contributed by atoms with Gasteiger partial charge in [-0.25, -0.2) is 4.98 Å². The lowest BCUT2D eigenvalue weighted by Crippen LogP contribution is -2.48. The molecular weight excluding hydrogens is 430 g/mol. The molecule has 0 N–H and O–H groups in total. The predicted molar refractivity (Wildman–Crippen MR) is 123 cm³/mol. The molecule has 0 spiro atoms. The maximum atomic E-state index is 12.6. The number of aromatic nitrogens is 3. The summed E-state index contributed by atoms with van der Waals surface area (Å²) in [5.74, 6) is 0.0979. The number of aryl methyl sites for hydroxylation is 1. The summed E-state index contributed by atoms with van der Waals surface area (Å²) in [5, 5.41) is 7.18. The molecule has 3 aromatic heterocycles. The summed E-state index contributed by atoms with van der Waals surface area (Å²) >= 11 is 2.90. The number of carbonyl (C=O) groups is 1. The Morgan fingerprint density at radius 2 is 1.94 bits per heavy atom. The first-order valence-corrected chi connectivity index (χ1v) is 11.8. The standard InChI is InChI=1S/C22H21N5O2S2/c1-15-4-2-5-16(12-15)20-24-27-19(28)13-17(23-22(27)31-20)14-25-7-9-26(10-8-25)21(29)18-6-3-11-30-18/h2-6,11-13H,7-10,14H2,1H3. The summed E-state index contributed by atoms with van der Waals surface area (Å²) in [4.78, 5) is 35.3. The molecule has 7 nitrogen and oxygen atoms in total. The van der Waals surface area contributed by atoms with E-state index in [0.717, 1.165) is 39.8 Å². The fraction of sp³-hybridized carbons (Fsp3) is 0.273. The zero-order valence-corrected chi connectivity index (χ0v) is 18.7. The molecule has 1 aromatic carbocycles. The predicted octanol–water partition coefficient (Wildman–Crippen LogP) is 3.15. The van der Waals surface area contributed by atoms with E-state index in [9.17, 15) is 9.59 Å². The van der Waals surface area contributed by atoms with Gasteiger partial charge in [-0.15, -0.1) is 11.3 Å². The molecule has 1 aliphatic rings. The summed E-state index contributed by atoms with van der Waals surface area (Å²) in [6.45, 7) is 5.49. The molecule has 0 radical (unpaired) electrons. The van der Waals surface area contributed by atoms with Crippen molar-refractivity contribution < 1.29 is 4.79 Å². The van der Waals surface area contributed by atoms with Crippen molar-refractivity contribution in [1.29, 1.82) is 0 Å². The number of benzene rings is 1. The van der Waals surface area contributed by atoms with Crippen LogP contribution in [0.15, 0.2) is 52.6 Å². The second kappa shape index (κ2) is 8.33. The molecule has 0 atom stereocenters. The Hall–Kier alpha value is -2.88. The molecule has 0 unspecified atom stereocenters. The molecule has 4 aromatic rings. The first-order valence-electron chi connectivity index (χ1n) is 10.1. The molecule has 5 rings (SSSR count). The topological polar surface area (TPSA) is 70.8 Å². The zero-order valence-electron chi connectivity index (χ0n) is 17.0. The summed E-state index contributed by atoms with van der Waals surface area (Å²) in [6, 6.07) is 13.4. The highest BCUT2D eigenvalue weighted by atomic mass is 32.1. The van der Waals surface area contributed by atoms with Gasteiger partial charge in [0.1, 0.15) is 5.01 Å². The Balaban J connectivity index is 1.30. The minimum absolute atomic E-state index is 0.0979. The quantitative estimate of drug-likeness (QED) is 0.477. The largest absolute Gasteiger partial charge is 0.335 e. The van der Waals surface area contributed by atoms with Crippen molar-refractivity contribution in [3.63, 3.8) is 0 Å². The molecule has 31 heavy (non-hydrogen) atoms. The number of carbonyl (C=O) groups excluding carboxylic acids is 1. The molecule has 0 aliphatic carbocycles. The number of piperazine rings is 1. The Morgan fingerprint density at radius 1 is 1.10 bits per heavy atom. The molecule has 4 heterocycles. The smallest absolute Gasteiger partial charge is 0.275 e. The van der Waals surface area contributed by atoms with Crippen LogP contribution in [0.5, 0.6) is 0 Å². The Morgan fingerprint density at radius 3 is 2.68 bits per heavy atom. The molecule has 1 fully saturated rings. The highest BCUT2D eigenvalue weighted by molar-refractivity contribution is 7.19. The van der Waals surface area contributed by atoms with Crippen LogP contribution in [0.25, 0.3) is 15.5 Å². The first kappa shape index (κ1) is 20.0. The number of amides is 1. The number of fused-ring (bicyclic) bond motifs is 1. The maximum absolute atomic E-state index is 12.6. The lowest BCUT2D eigenvalue weighted by atomic mass is 10.1. The highest BCUT2D eigenvalue weighted by Gasteiger charge is 2.23. The second-order valence-corrected chi connectivity index (χ2v) is 9.51. The normalized spacial score (nSPS) is 14.9. The van der Waals surface area contributed by atoms with Crippen molar-refractivity contribution in [2.75, 3.05) is 26.2 Å². The fourth-order valence-corrected chi connectivity index (χ4v) is 5.34. The fourth-order valence-electron chi connectivity index (χ4n) is 3.73. The molecule has 1 aliphatic heterocycles. The third-order valence-electron chi connectivity index (χ3n) is 5.34. The monoisotopic (exact) mass is 451 g/mol. The molecule has 1 amide bonds. The lowest BCUT2D eigenvalue weighted by molar-refractivity contribution is 0.0632. The van der Waals surface area contributed by atoms with Crippen molar-refractivity contribution in [1.82, 2.24) is 24.4 Å². The maximum Gasteiger partial charge on any atom is 0.275 e. The van der Waals surface area contributed by atoms with Gasteiger partial charge in [-0.1, -0.05) is 41.2 Å². The molecule has 158 valence electrons. The van der Waals surface area contributed by atoms with E-state index in [-0.39, 0.29) is 11.5 Å². The first-order chi connectivity index (χ1) is 15.1. The average molecular weight is 452 g/mol. The summed E-state index contributed by atoms with van der Waals surface area (Å²) in [7, 11) is 0. The lowest BCUT2D eigenvalue weighted by Gasteiger charge is -2.34. The molecule has 0 bridgehead atoms. The highest BCUT2D eigenvalue weighted by Crippen LogP contribution is 2.25. The van der Waals surface area contributed by atoms with Crippen LogP contribution in [0.3, 0.4) is 0 Å². The Kier molecular flexibility index (Phi) is 5.39. The van der Waals surface area contributed by atoms with Crippen LogP contribution in [0.1, 0.15) is 20.9 Å². The van der Waals surface area contributed by atoms with Gasteiger partial charge in [0, 0.05) is 44.4 Å². The Bertz CT molecular complexity index is 1290. The second-order valence-electron chi connectivity index (χ2n) is 7.60. The van der Waals surface area contributed by atoms with Crippen molar-refractivity contribution in [2.24, 2.45) is 0 Å². The van der Waals surface area contributed by atoms with Crippen LogP contribution in [0.4, 0.5) is 0 Å². The van der Waals surface area contributed by atoms with Gasteiger partial charge in [-0.3, -0.25) is 14.5 Å². The van der Waals surface area contributed by atoms with E-state index in [4.69, 9.17) is 4.98 Å². The van der Waals surface area contributed by atoms with Gasteiger partial charge >= 0.3 is 0 Å². The van der Waals surface area contributed by atoms with E-state index in [1.54, 1.807) is 6.07 Å². The molecule has 9 heteroatoms. The SMILES string of the molecule is Cc1cccc(-c2nn3c(=O)cc(CN4CCN(C(=O)c5cccs5)CC4)nc3s2)c1. The van der Waals surface area contributed by atoms with Crippen molar-refractivity contribution in [2.45, 2.75) is 13.5 Å². The summed E-state index contributed by atoms with van der Waals surface area (Å²) < 4.78 is 1.38. The third-order valence-corrected chi connectivity index (χ3v) is 7.16. The summed E-state index contributed by atoms with van der Waals surface area (Å²) in [6.07, 6.45) is 0. The van der Waals surface area contributed by atoms with E-state index < -0.39 is 0 Å². The van der Waals surface area contributed by atoms with E-state index in [1.807, 2.05) is 47.5 Å². The number of thiophene rings is 1. The third kappa shape index (κ3) is 4.16. The van der Waals surface area contributed by atoms with Crippen LogP contribution in [0.2, 0.25) is 0 Å². The van der Waals surface area contributed by atoms with Crippen LogP contribution in [0, 0.1) is 6.92 Å². The van der Waals surface area contributed by atoms with Crippen LogP contribution >= 0.6 is 22.7 Å². The molecular formula is C22H21N5O2S2. The van der Waals surface area contributed by atoms with Crippen molar-refractivity contribution >= 4 is 33.5 Å². The van der Waals surface area contributed by atoms with Crippen molar-refractivity contribution in [3.05, 3.63) is 74.3 Å². The molecule has 1 saturated heterocycles. The van der Waals surface area contributed by atoms with Gasteiger partial charge in [0.15, 0.2) is 0 Å². The zero-order chi connectivity index (χ0) is 21.4. The van der Waals surface area contributed by atoms with Gasteiger partial charge < -0.3 is 4.90 Å². The van der Waals surface area contributed by atoms with Gasteiger partial charge in [-0.2, -0.15) is 9.61 Å². The number of hydrogen-bond acceptors (Lipinski definition) is 7. The van der Waals surface area contributed by atoms with Gasteiger partial charge in [0.25, 0.3) is 11.5 Å². The minimum atomic E-state index is -0.165. The van der Waals surface area contributed by atoms with Gasteiger partial charge in [0.05, 0.1) is 10.6 Å². The number of rotatable bonds is 4. The molecule has 0 saturated carbocycles. The van der Waals surface area contributed by atoms with Crippen LogP contribution in [-0.2, 0) is 6.54 Å². The number of hydrogen-bond donors (Lipinski definition) is 0. The summed E-state index contributed by atoms with van der Waals surface area (Å²) in [5.41, 5.74) is 2.71. The van der Waals surface area contributed by atoms with E-state index in [0.29, 0.717) is 24.6 Å². The van der Waals surface area contributed by atoms with Crippen molar-refractivity contribution in [3.8, 4) is 10.6 Å². The average Bonchev–Trinajstić information content (AvgIpc) is 3.44. The Labute approximate surface area is 187 Å². The number of nitrogens with zero attached hydrogens (tertiary/aromatic N) is 5. The van der Waals surface area contributed by atoms with Gasteiger partial charge in [0.2, 0.25) is 4.96 Å². The minimum Gasteiger partial charge on any atom is -0.335 e. The van der Waals surface area contributed by atoms with Crippen LogP contribution in [-0.4, -0.2) is 56.5 Å².